The lowest BCUT2D eigenvalue weighted by Crippen LogP contribution is -2.52. The van der Waals surface area contributed by atoms with Gasteiger partial charge in [-0.1, -0.05) is 56.2 Å². The van der Waals surface area contributed by atoms with E-state index in [4.69, 9.17) is 14.6 Å². The molecule has 224 valence electrons. The van der Waals surface area contributed by atoms with Crippen molar-refractivity contribution >= 4 is 12.0 Å². The standard InChI is InChI=1S/C33H46N2O6/c1-31(2)18-40-33(41-19-31)13-12-23-22(14-33)8-9-24-26-10-11-27(36)32(26,3)15-25(29(23)24)21-6-4-20(5-7-21)16-34-30(39)35-17-28(37)38/h4-7,22,24-27,36H,8-19H2,1-3H3,(H,37,38)(H2,34,35,39). The summed E-state index contributed by atoms with van der Waals surface area (Å²) in [5.74, 6) is 0.294. The SMILES string of the molecule is CC1(C)COC2(CCC3=C4C(c5ccc(CNC(=O)NCC(=O)O)cc5)CC5(C)C(O)CCC5C4CCC3C2)OC1. The monoisotopic (exact) mass is 566 g/mol. The van der Waals surface area contributed by atoms with Gasteiger partial charge in [0.25, 0.3) is 0 Å². The van der Waals surface area contributed by atoms with E-state index in [9.17, 15) is 14.7 Å². The van der Waals surface area contributed by atoms with E-state index in [1.807, 2.05) is 0 Å². The number of aliphatic hydroxyl groups excluding tert-OH is 1. The van der Waals surface area contributed by atoms with Crippen molar-refractivity contribution in [2.45, 2.75) is 96.5 Å². The lowest BCUT2D eigenvalue weighted by atomic mass is 9.52. The molecule has 0 radical (unpaired) electrons. The summed E-state index contributed by atoms with van der Waals surface area (Å²) in [5.41, 5.74) is 5.51. The van der Waals surface area contributed by atoms with Crippen LogP contribution in [0.3, 0.4) is 0 Å². The number of carbonyl (C=O) groups excluding carboxylic acids is 1. The van der Waals surface area contributed by atoms with Crippen LogP contribution in [-0.4, -0.2) is 53.9 Å². The Morgan fingerprint density at radius 1 is 0.976 bits per heavy atom. The van der Waals surface area contributed by atoms with Crippen molar-refractivity contribution in [2.24, 2.45) is 28.6 Å². The van der Waals surface area contributed by atoms with Gasteiger partial charge in [-0.15, -0.1) is 0 Å². The van der Waals surface area contributed by atoms with Gasteiger partial charge in [0.1, 0.15) is 6.54 Å². The summed E-state index contributed by atoms with van der Waals surface area (Å²) < 4.78 is 12.9. The second-order valence-corrected chi connectivity index (χ2v) is 14.4. The zero-order valence-electron chi connectivity index (χ0n) is 24.7. The van der Waals surface area contributed by atoms with Gasteiger partial charge in [-0.05, 0) is 72.8 Å². The van der Waals surface area contributed by atoms with Gasteiger partial charge in [0.2, 0.25) is 0 Å². The number of urea groups is 1. The van der Waals surface area contributed by atoms with E-state index in [0.29, 0.717) is 24.3 Å². The Bertz CT molecular complexity index is 1200. The van der Waals surface area contributed by atoms with Crippen molar-refractivity contribution in [2.75, 3.05) is 19.8 Å². The number of fused-ring (bicyclic) bond motifs is 4. The predicted molar refractivity (Wildman–Crippen MR) is 154 cm³/mol. The first-order valence-corrected chi connectivity index (χ1v) is 15.5. The molecule has 3 saturated carbocycles. The molecule has 6 rings (SSSR count). The summed E-state index contributed by atoms with van der Waals surface area (Å²) in [7, 11) is 0. The second-order valence-electron chi connectivity index (χ2n) is 14.4. The number of aliphatic hydroxyl groups is 1. The summed E-state index contributed by atoms with van der Waals surface area (Å²) in [5, 5.41) is 25.0. The van der Waals surface area contributed by atoms with Crippen molar-refractivity contribution in [3.05, 3.63) is 46.5 Å². The molecule has 1 spiro atoms. The normalized spacial score (nSPS) is 35.3. The van der Waals surface area contributed by atoms with Gasteiger partial charge in [0.15, 0.2) is 5.79 Å². The van der Waals surface area contributed by atoms with E-state index in [0.717, 1.165) is 57.3 Å². The van der Waals surface area contributed by atoms with Gasteiger partial charge in [-0.2, -0.15) is 0 Å². The molecule has 41 heavy (non-hydrogen) atoms. The lowest BCUT2D eigenvalue weighted by molar-refractivity contribution is -0.312. The molecule has 5 aliphatic rings. The Morgan fingerprint density at radius 2 is 1.71 bits per heavy atom. The number of nitrogens with one attached hydrogen (secondary N) is 2. The summed E-state index contributed by atoms with van der Waals surface area (Å²) in [6.07, 6.45) is 7.93. The Labute approximate surface area is 243 Å². The highest BCUT2D eigenvalue weighted by Crippen LogP contribution is 2.65. The summed E-state index contributed by atoms with van der Waals surface area (Å²) in [6, 6.07) is 8.01. The van der Waals surface area contributed by atoms with Crippen LogP contribution >= 0.6 is 0 Å². The number of carboxylic acids is 1. The molecule has 1 aliphatic heterocycles. The van der Waals surface area contributed by atoms with E-state index < -0.39 is 24.3 Å². The molecule has 1 saturated heterocycles. The molecule has 8 heteroatoms. The Morgan fingerprint density at radius 3 is 2.41 bits per heavy atom. The van der Waals surface area contributed by atoms with Gasteiger partial charge in [0.05, 0.1) is 19.3 Å². The van der Waals surface area contributed by atoms with Crippen LogP contribution in [0.25, 0.3) is 0 Å². The third-order valence-electron chi connectivity index (χ3n) is 11.0. The minimum absolute atomic E-state index is 0.0633. The summed E-state index contributed by atoms with van der Waals surface area (Å²) >= 11 is 0. The van der Waals surface area contributed by atoms with Crippen molar-refractivity contribution < 1.29 is 29.3 Å². The minimum Gasteiger partial charge on any atom is -0.480 e. The maximum absolute atomic E-state index is 11.9. The van der Waals surface area contributed by atoms with Crippen molar-refractivity contribution in [1.29, 1.82) is 0 Å². The number of aliphatic carboxylic acids is 1. The largest absolute Gasteiger partial charge is 0.480 e. The number of hydrogen-bond acceptors (Lipinski definition) is 5. The first kappa shape index (κ1) is 28.7. The van der Waals surface area contributed by atoms with Crippen LogP contribution in [0.2, 0.25) is 0 Å². The average Bonchev–Trinajstić information content (AvgIpc) is 3.26. The molecule has 6 unspecified atom stereocenters. The molecule has 8 nitrogen and oxygen atoms in total. The Balaban J connectivity index is 1.25. The number of carboxylic acid groups (broad SMARTS) is 1. The third kappa shape index (κ3) is 5.43. The van der Waals surface area contributed by atoms with E-state index in [2.05, 4.69) is 55.7 Å². The molecule has 1 aromatic carbocycles. The Hall–Kier alpha value is -2.42. The number of rotatable bonds is 5. The fourth-order valence-corrected chi connectivity index (χ4v) is 8.77. The van der Waals surface area contributed by atoms with Crippen LogP contribution in [-0.2, 0) is 20.8 Å². The molecule has 0 aromatic heterocycles. The Kier molecular flexibility index (Phi) is 7.48. The third-order valence-corrected chi connectivity index (χ3v) is 11.0. The average molecular weight is 567 g/mol. The van der Waals surface area contributed by atoms with Crippen molar-refractivity contribution in [3.63, 3.8) is 0 Å². The summed E-state index contributed by atoms with van der Waals surface area (Å²) in [4.78, 5) is 22.6. The lowest BCUT2D eigenvalue weighted by Gasteiger charge is -2.55. The van der Waals surface area contributed by atoms with Crippen LogP contribution in [0.5, 0.6) is 0 Å². The maximum Gasteiger partial charge on any atom is 0.323 e. The molecule has 1 heterocycles. The second kappa shape index (κ2) is 10.7. The first-order chi connectivity index (χ1) is 19.5. The van der Waals surface area contributed by atoms with Gasteiger partial charge in [0, 0.05) is 30.7 Å². The zero-order valence-corrected chi connectivity index (χ0v) is 24.7. The van der Waals surface area contributed by atoms with Crippen molar-refractivity contribution in [3.8, 4) is 0 Å². The molecule has 4 aliphatic carbocycles. The molecule has 1 aromatic rings. The first-order valence-electron chi connectivity index (χ1n) is 15.5. The predicted octanol–water partition coefficient (Wildman–Crippen LogP) is 5.11. The topological polar surface area (TPSA) is 117 Å². The summed E-state index contributed by atoms with van der Waals surface area (Å²) in [6.45, 7) is 8.15. The molecule has 4 fully saturated rings. The van der Waals surface area contributed by atoms with Gasteiger partial charge in [-0.25, -0.2) is 4.79 Å². The number of hydrogen-bond donors (Lipinski definition) is 4. The van der Waals surface area contributed by atoms with E-state index in [1.165, 1.54) is 18.4 Å². The molecule has 4 N–H and O–H groups in total. The number of amides is 2. The highest BCUT2D eigenvalue weighted by Gasteiger charge is 2.57. The van der Waals surface area contributed by atoms with Gasteiger partial charge in [-0.3, -0.25) is 4.79 Å². The molecular weight excluding hydrogens is 520 g/mol. The molecule has 6 atom stereocenters. The number of carbonyl (C=O) groups is 2. The van der Waals surface area contributed by atoms with Crippen LogP contribution < -0.4 is 10.6 Å². The quantitative estimate of drug-likeness (QED) is 0.368. The smallest absolute Gasteiger partial charge is 0.323 e. The van der Waals surface area contributed by atoms with Crippen LogP contribution in [0.15, 0.2) is 35.4 Å². The van der Waals surface area contributed by atoms with Crippen LogP contribution in [0, 0.1) is 28.6 Å². The van der Waals surface area contributed by atoms with E-state index >= 15 is 0 Å². The molecule has 0 bridgehead atoms. The highest BCUT2D eigenvalue weighted by atomic mass is 16.7. The van der Waals surface area contributed by atoms with E-state index in [1.54, 1.807) is 11.1 Å². The van der Waals surface area contributed by atoms with E-state index in [-0.39, 0.29) is 22.9 Å². The molecule has 2 amide bonds. The maximum atomic E-state index is 11.9. The highest BCUT2D eigenvalue weighted by molar-refractivity contribution is 5.79. The molecular formula is C33H46N2O6. The zero-order chi connectivity index (χ0) is 29.0. The number of ether oxygens (including phenoxy) is 2. The van der Waals surface area contributed by atoms with Crippen LogP contribution in [0.1, 0.15) is 89.2 Å². The number of allylic oxidation sites excluding steroid dienone is 2. The van der Waals surface area contributed by atoms with Gasteiger partial charge < -0.3 is 30.3 Å². The number of benzene rings is 1. The van der Waals surface area contributed by atoms with Crippen molar-refractivity contribution in [1.82, 2.24) is 10.6 Å². The minimum atomic E-state index is -1.07. The fraction of sp³-hybridized carbons (Fsp3) is 0.697. The van der Waals surface area contributed by atoms with Crippen LogP contribution in [0.4, 0.5) is 4.79 Å². The van der Waals surface area contributed by atoms with Gasteiger partial charge >= 0.3 is 12.0 Å². The fourth-order valence-electron chi connectivity index (χ4n) is 8.77.